The Bertz CT molecular complexity index is 990. The molecule has 3 rings (SSSR count). The van der Waals surface area contributed by atoms with Crippen LogP contribution in [0.5, 0.6) is 11.5 Å². The predicted octanol–water partition coefficient (Wildman–Crippen LogP) is 2.79. The fraction of sp³-hybridized carbons (Fsp3) is 0.350. The number of carbonyl (C=O) groups is 1. The lowest BCUT2D eigenvalue weighted by atomic mass is 10.1. The van der Waals surface area contributed by atoms with E-state index in [1.165, 1.54) is 0 Å². The van der Waals surface area contributed by atoms with Crippen LogP contribution in [-0.4, -0.2) is 35.1 Å². The number of nitrogens with one attached hydrogen (secondary N) is 1. The molecule has 28 heavy (non-hydrogen) atoms. The molecule has 0 aliphatic carbocycles. The summed E-state index contributed by atoms with van der Waals surface area (Å²) >= 11 is 0. The number of hydrogen-bond acceptors (Lipinski definition) is 6. The van der Waals surface area contributed by atoms with Gasteiger partial charge in [-0.05, 0) is 39.0 Å². The highest BCUT2D eigenvalue weighted by molar-refractivity contribution is 5.93. The number of aryl methyl sites for hydroxylation is 3. The van der Waals surface area contributed by atoms with Crippen molar-refractivity contribution in [3.8, 4) is 11.5 Å². The summed E-state index contributed by atoms with van der Waals surface area (Å²) in [5.41, 5.74) is 3.73. The molecule has 0 aliphatic heterocycles. The van der Waals surface area contributed by atoms with Gasteiger partial charge in [-0.1, -0.05) is 5.16 Å². The first-order valence-corrected chi connectivity index (χ1v) is 8.88. The zero-order valence-electron chi connectivity index (χ0n) is 16.7. The number of rotatable bonds is 7. The monoisotopic (exact) mass is 384 g/mol. The van der Waals surface area contributed by atoms with Crippen molar-refractivity contribution in [2.45, 2.75) is 33.9 Å². The molecule has 3 aromatic rings. The Morgan fingerprint density at radius 3 is 2.61 bits per heavy atom. The van der Waals surface area contributed by atoms with Gasteiger partial charge >= 0.3 is 0 Å². The van der Waals surface area contributed by atoms with Gasteiger partial charge in [-0.2, -0.15) is 5.10 Å². The largest absolute Gasteiger partial charge is 0.497 e. The summed E-state index contributed by atoms with van der Waals surface area (Å²) in [7, 11) is 3.17. The second-order valence-electron chi connectivity index (χ2n) is 6.51. The van der Waals surface area contributed by atoms with Gasteiger partial charge in [0.1, 0.15) is 17.3 Å². The molecule has 0 radical (unpaired) electrons. The molecule has 2 heterocycles. The highest BCUT2D eigenvalue weighted by Gasteiger charge is 2.21. The highest BCUT2D eigenvalue weighted by Crippen LogP contribution is 2.24. The third-order valence-electron chi connectivity index (χ3n) is 4.54. The lowest BCUT2D eigenvalue weighted by Crippen LogP contribution is -2.25. The van der Waals surface area contributed by atoms with Gasteiger partial charge in [0.15, 0.2) is 5.69 Å². The summed E-state index contributed by atoms with van der Waals surface area (Å²) in [4.78, 5) is 12.7. The van der Waals surface area contributed by atoms with Crippen molar-refractivity contribution in [2.75, 3.05) is 14.2 Å². The first-order valence-electron chi connectivity index (χ1n) is 8.88. The molecule has 8 heteroatoms. The average molecular weight is 384 g/mol. The normalized spacial score (nSPS) is 10.8. The van der Waals surface area contributed by atoms with Crippen molar-refractivity contribution in [2.24, 2.45) is 0 Å². The molecule has 1 N–H and O–H groups in total. The van der Waals surface area contributed by atoms with Gasteiger partial charge in [0, 0.05) is 29.4 Å². The van der Waals surface area contributed by atoms with Crippen LogP contribution in [0.25, 0.3) is 0 Å². The Morgan fingerprint density at radius 1 is 1.18 bits per heavy atom. The average Bonchev–Trinajstić information content (AvgIpc) is 3.21. The van der Waals surface area contributed by atoms with E-state index in [1.54, 1.807) is 27.2 Å². The Kier molecular flexibility index (Phi) is 5.67. The van der Waals surface area contributed by atoms with Gasteiger partial charge in [-0.3, -0.25) is 9.48 Å². The quantitative estimate of drug-likeness (QED) is 0.673. The van der Waals surface area contributed by atoms with E-state index in [0.717, 1.165) is 17.0 Å². The molecule has 1 amide bonds. The Labute approximate surface area is 163 Å². The molecule has 0 fully saturated rings. The van der Waals surface area contributed by atoms with Gasteiger partial charge in [0.05, 0.1) is 26.5 Å². The zero-order chi connectivity index (χ0) is 20.3. The smallest absolute Gasteiger partial charge is 0.274 e. The fourth-order valence-electron chi connectivity index (χ4n) is 3.00. The van der Waals surface area contributed by atoms with E-state index in [-0.39, 0.29) is 18.1 Å². The lowest BCUT2D eigenvalue weighted by Gasteiger charge is -2.11. The minimum Gasteiger partial charge on any atom is -0.497 e. The summed E-state index contributed by atoms with van der Waals surface area (Å²) in [5, 5.41) is 11.3. The van der Waals surface area contributed by atoms with Crippen molar-refractivity contribution in [1.29, 1.82) is 0 Å². The van der Waals surface area contributed by atoms with Crippen LogP contribution in [0.1, 0.15) is 38.8 Å². The number of amides is 1. The van der Waals surface area contributed by atoms with Crippen LogP contribution in [0.15, 0.2) is 28.8 Å². The van der Waals surface area contributed by atoms with Crippen LogP contribution in [-0.2, 0) is 13.1 Å². The summed E-state index contributed by atoms with van der Waals surface area (Å²) in [5.74, 6) is 1.61. The number of ether oxygens (including phenoxy) is 2. The number of carbonyl (C=O) groups excluding carboxylic acids is 1. The van der Waals surface area contributed by atoms with Gasteiger partial charge < -0.3 is 19.3 Å². The highest BCUT2D eigenvalue weighted by atomic mass is 16.5. The zero-order valence-corrected chi connectivity index (χ0v) is 16.7. The molecule has 8 nitrogen and oxygen atoms in total. The standard InChI is InChI=1S/C20H24N4O4/c1-12-8-13(2)24(22-12)11-17-14(3)28-23-19(17)20(25)21-10-15-6-7-16(26-4)9-18(15)27-5/h6-9H,10-11H2,1-5H3,(H,21,25). The van der Waals surface area contributed by atoms with Crippen molar-refractivity contribution in [1.82, 2.24) is 20.3 Å². The van der Waals surface area contributed by atoms with Gasteiger partial charge in [0.25, 0.3) is 5.91 Å². The van der Waals surface area contributed by atoms with E-state index in [2.05, 4.69) is 15.6 Å². The molecular formula is C20H24N4O4. The van der Waals surface area contributed by atoms with Crippen LogP contribution in [0.2, 0.25) is 0 Å². The molecular weight excluding hydrogens is 360 g/mol. The Hall–Kier alpha value is -3.29. The first-order chi connectivity index (χ1) is 13.4. The van der Waals surface area contributed by atoms with Gasteiger partial charge in [0.2, 0.25) is 0 Å². The fourth-order valence-corrected chi connectivity index (χ4v) is 3.00. The SMILES string of the molecule is COc1ccc(CNC(=O)c2noc(C)c2Cn2nc(C)cc2C)c(OC)c1. The molecule has 0 saturated carbocycles. The van der Waals surface area contributed by atoms with E-state index in [4.69, 9.17) is 14.0 Å². The summed E-state index contributed by atoms with van der Waals surface area (Å²) < 4.78 is 17.7. The lowest BCUT2D eigenvalue weighted by molar-refractivity contribution is 0.0940. The van der Waals surface area contributed by atoms with E-state index in [0.29, 0.717) is 29.4 Å². The maximum atomic E-state index is 12.7. The summed E-state index contributed by atoms with van der Waals surface area (Å²) in [6, 6.07) is 7.43. The number of methoxy groups -OCH3 is 2. The summed E-state index contributed by atoms with van der Waals surface area (Å²) in [6.45, 7) is 6.40. The molecule has 148 valence electrons. The molecule has 0 spiro atoms. The number of hydrogen-bond donors (Lipinski definition) is 1. The first kappa shape index (κ1) is 19.5. The van der Waals surface area contributed by atoms with Crippen LogP contribution < -0.4 is 14.8 Å². The molecule has 0 unspecified atom stereocenters. The Balaban J connectivity index is 1.76. The number of aromatic nitrogens is 3. The van der Waals surface area contributed by atoms with Crippen molar-refractivity contribution in [3.63, 3.8) is 0 Å². The Morgan fingerprint density at radius 2 is 1.96 bits per heavy atom. The van der Waals surface area contributed by atoms with E-state index in [1.807, 2.05) is 36.7 Å². The third kappa shape index (κ3) is 4.00. The van der Waals surface area contributed by atoms with E-state index < -0.39 is 0 Å². The van der Waals surface area contributed by atoms with Crippen molar-refractivity contribution < 1.29 is 18.8 Å². The topological polar surface area (TPSA) is 91.4 Å². The predicted molar refractivity (Wildman–Crippen MR) is 103 cm³/mol. The third-order valence-corrected chi connectivity index (χ3v) is 4.54. The molecule has 0 atom stereocenters. The number of nitrogens with zero attached hydrogens (tertiary/aromatic N) is 3. The number of benzene rings is 1. The van der Waals surface area contributed by atoms with Crippen molar-refractivity contribution in [3.05, 3.63) is 58.2 Å². The molecule has 2 aromatic heterocycles. The van der Waals surface area contributed by atoms with Crippen molar-refractivity contribution >= 4 is 5.91 Å². The summed E-state index contributed by atoms with van der Waals surface area (Å²) in [6.07, 6.45) is 0. The molecule has 1 aromatic carbocycles. The van der Waals surface area contributed by atoms with E-state index in [9.17, 15) is 4.79 Å². The minimum absolute atomic E-state index is 0.262. The van der Waals surface area contributed by atoms with Crippen LogP contribution >= 0.6 is 0 Å². The van der Waals surface area contributed by atoms with Gasteiger partial charge in [-0.15, -0.1) is 0 Å². The maximum absolute atomic E-state index is 12.7. The minimum atomic E-state index is -0.314. The van der Waals surface area contributed by atoms with E-state index >= 15 is 0 Å². The van der Waals surface area contributed by atoms with Gasteiger partial charge in [-0.25, -0.2) is 0 Å². The molecule has 0 saturated heterocycles. The molecule has 0 bridgehead atoms. The van der Waals surface area contributed by atoms with Crippen LogP contribution in [0.4, 0.5) is 0 Å². The second kappa shape index (κ2) is 8.16. The molecule has 0 aliphatic rings. The van der Waals surface area contributed by atoms with Crippen LogP contribution in [0.3, 0.4) is 0 Å². The second-order valence-corrected chi connectivity index (χ2v) is 6.51. The van der Waals surface area contributed by atoms with Crippen LogP contribution in [0, 0.1) is 20.8 Å². The maximum Gasteiger partial charge on any atom is 0.274 e.